The molecule has 0 bridgehead atoms. The minimum atomic E-state index is 0.381. The van der Waals surface area contributed by atoms with E-state index >= 15 is 0 Å². The van der Waals surface area contributed by atoms with E-state index in [0.717, 1.165) is 29.0 Å². The van der Waals surface area contributed by atoms with Crippen LogP contribution in [0.1, 0.15) is 16.6 Å². The Bertz CT molecular complexity index is 738. The van der Waals surface area contributed by atoms with Crippen LogP contribution in [0.5, 0.6) is 0 Å². The van der Waals surface area contributed by atoms with Crippen molar-refractivity contribution in [2.75, 3.05) is 5.73 Å². The lowest BCUT2D eigenvalue weighted by Crippen LogP contribution is -1.94. The summed E-state index contributed by atoms with van der Waals surface area (Å²) < 4.78 is 0. The summed E-state index contributed by atoms with van der Waals surface area (Å²) in [6.45, 7) is 0. The predicted octanol–water partition coefficient (Wildman–Crippen LogP) is 3.53. The van der Waals surface area contributed by atoms with Crippen molar-refractivity contribution in [1.29, 1.82) is 0 Å². The first kappa shape index (κ1) is 10.9. The molecule has 4 heteroatoms. The molecular formula is C15H13N3S. The van der Waals surface area contributed by atoms with Gasteiger partial charge in [-0.3, -0.25) is 0 Å². The third-order valence-electron chi connectivity index (χ3n) is 3.48. The Morgan fingerprint density at radius 2 is 2.11 bits per heavy atom. The average molecular weight is 267 g/mol. The van der Waals surface area contributed by atoms with Crippen LogP contribution in [-0.2, 0) is 6.42 Å². The molecule has 0 saturated heterocycles. The van der Waals surface area contributed by atoms with Crippen LogP contribution in [0, 0.1) is 0 Å². The molecule has 1 atom stereocenters. The Labute approximate surface area is 115 Å². The van der Waals surface area contributed by atoms with E-state index in [-0.39, 0.29) is 0 Å². The first-order chi connectivity index (χ1) is 9.29. The highest BCUT2D eigenvalue weighted by atomic mass is 32.2. The minimum Gasteiger partial charge on any atom is -0.399 e. The van der Waals surface area contributed by atoms with Gasteiger partial charge >= 0.3 is 0 Å². The monoisotopic (exact) mass is 267 g/mol. The third-order valence-corrected chi connectivity index (χ3v) is 4.80. The average Bonchev–Trinajstić information content (AvgIpc) is 3.00. The molecular weight excluding hydrogens is 254 g/mol. The normalized spacial score (nSPS) is 17.8. The lowest BCUT2D eigenvalue weighted by atomic mass is 10.1. The van der Waals surface area contributed by atoms with E-state index in [1.165, 1.54) is 10.5 Å². The molecule has 0 saturated carbocycles. The zero-order valence-electron chi connectivity index (χ0n) is 10.3. The number of H-pyrrole nitrogens is 1. The number of benzene rings is 2. The fourth-order valence-electron chi connectivity index (χ4n) is 2.53. The van der Waals surface area contributed by atoms with Crippen molar-refractivity contribution < 1.29 is 0 Å². The highest BCUT2D eigenvalue weighted by molar-refractivity contribution is 7.99. The summed E-state index contributed by atoms with van der Waals surface area (Å²) in [5.41, 5.74) is 9.99. The van der Waals surface area contributed by atoms with Crippen LogP contribution in [0.2, 0.25) is 0 Å². The number of nitrogen functional groups attached to an aromatic ring is 1. The van der Waals surface area contributed by atoms with Gasteiger partial charge in [-0.15, -0.1) is 11.8 Å². The van der Waals surface area contributed by atoms with Gasteiger partial charge in [0.15, 0.2) is 0 Å². The van der Waals surface area contributed by atoms with Gasteiger partial charge < -0.3 is 10.7 Å². The molecule has 0 radical (unpaired) electrons. The van der Waals surface area contributed by atoms with Crippen molar-refractivity contribution in [1.82, 2.24) is 9.97 Å². The topological polar surface area (TPSA) is 54.7 Å². The highest BCUT2D eigenvalue weighted by Crippen LogP contribution is 2.45. The quantitative estimate of drug-likeness (QED) is 0.663. The highest BCUT2D eigenvalue weighted by Gasteiger charge is 2.25. The van der Waals surface area contributed by atoms with Crippen molar-refractivity contribution in [3.8, 4) is 0 Å². The second-order valence-electron chi connectivity index (χ2n) is 4.82. The number of imidazole rings is 1. The van der Waals surface area contributed by atoms with E-state index < -0.39 is 0 Å². The molecule has 0 amide bonds. The van der Waals surface area contributed by atoms with Gasteiger partial charge in [-0.2, -0.15) is 0 Å². The van der Waals surface area contributed by atoms with E-state index in [4.69, 9.17) is 5.73 Å². The minimum absolute atomic E-state index is 0.381. The van der Waals surface area contributed by atoms with Gasteiger partial charge in [0, 0.05) is 10.6 Å². The van der Waals surface area contributed by atoms with Crippen LogP contribution in [0.15, 0.2) is 47.4 Å². The van der Waals surface area contributed by atoms with Crippen molar-refractivity contribution in [3.05, 3.63) is 53.9 Å². The number of hydrogen-bond acceptors (Lipinski definition) is 3. The second kappa shape index (κ2) is 4.03. The van der Waals surface area contributed by atoms with Crippen LogP contribution >= 0.6 is 11.8 Å². The standard InChI is InChI=1S/C15H13N3S/c16-10-5-6-11-12(8-10)18-15(17-11)14-7-9-3-1-2-4-13(9)19-14/h1-6,8,14H,7,16H2,(H,17,18). The molecule has 3 aromatic rings. The maximum absolute atomic E-state index is 5.80. The van der Waals surface area contributed by atoms with Gasteiger partial charge in [0.2, 0.25) is 0 Å². The van der Waals surface area contributed by atoms with Gasteiger partial charge in [0.05, 0.1) is 16.3 Å². The fourth-order valence-corrected chi connectivity index (χ4v) is 3.79. The van der Waals surface area contributed by atoms with E-state index in [1.54, 1.807) is 0 Å². The summed E-state index contributed by atoms with van der Waals surface area (Å²) in [6.07, 6.45) is 1.04. The SMILES string of the molecule is Nc1ccc2nc(C3Cc4ccccc4S3)[nH]c2c1. The summed E-state index contributed by atoms with van der Waals surface area (Å²) in [5.74, 6) is 1.04. The lowest BCUT2D eigenvalue weighted by Gasteiger charge is -2.02. The molecule has 1 unspecified atom stereocenters. The Kier molecular flexibility index (Phi) is 2.32. The lowest BCUT2D eigenvalue weighted by molar-refractivity contribution is 0.881. The van der Waals surface area contributed by atoms with Crippen LogP contribution in [0.25, 0.3) is 11.0 Å². The van der Waals surface area contributed by atoms with E-state index in [2.05, 4.69) is 34.2 Å². The Morgan fingerprint density at radius 3 is 3.00 bits per heavy atom. The molecule has 94 valence electrons. The Hall–Kier alpha value is -1.94. The van der Waals surface area contributed by atoms with E-state index in [0.29, 0.717) is 5.25 Å². The molecule has 0 aliphatic carbocycles. The number of rotatable bonds is 1. The molecule has 2 aromatic carbocycles. The number of aromatic nitrogens is 2. The van der Waals surface area contributed by atoms with Gasteiger partial charge in [0.25, 0.3) is 0 Å². The number of thioether (sulfide) groups is 1. The first-order valence-corrected chi connectivity index (χ1v) is 7.17. The van der Waals surface area contributed by atoms with Gasteiger partial charge in [-0.1, -0.05) is 18.2 Å². The van der Waals surface area contributed by atoms with Crippen LogP contribution in [0.3, 0.4) is 0 Å². The molecule has 19 heavy (non-hydrogen) atoms. The molecule has 3 N–H and O–H groups in total. The van der Waals surface area contributed by atoms with Gasteiger partial charge in [0.1, 0.15) is 5.82 Å². The molecule has 0 spiro atoms. The zero-order chi connectivity index (χ0) is 12.8. The summed E-state index contributed by atoms with van der Waals surface area (Å²) in [4.78, 5) is 9.46. The molecule has 1 aliphatic rings. The fraction of sp³-hybridized carbons (Fsp3) is 0.133. The molecule has 2 heterocycles. The largest absolute Gasteiger partial charge is 0.399 e. The van der Waals surface area contributed by atoms with Crippen LogP contribution in [-0.4, -0.2) is 9.97 Å². The van der Waals surface area contributed by atoms with E-state index in [9.17, 15) is 0 Å². The van der Waals surface area contributed by atoms with Crippen LogP contribution < -0.4 is 5.73 Å². The smallest absolute Gasteiger partial charge is 0.121 e. The summed E-state index contributed by atoms with van der Waals surface area (Å²) >= 11 is 1.88. The van der Waals surface area contributed by atoms with Gasteiger partial charge in [-0.05, 0) is 36.2 Å². The number of nitrogens with one attached hydrogen (secondary N) is 1. The van der Waals surface area contributed by atoms with Crippen molar-refractivity contribution >= 4 is 28.5 Å². The van der Waals surface area contributed by atoms with Gasteiger partial charge in [-0.25, -0.2) is 4.98 Å². The predicted molar refractivity (Wildman–Crippen MR) is 79.3 cm³/mol. The summed E-state index contributed by atoms with van der Waals surface area (Å²) in [5, 5.41) is 0.381. The second-order valence-corrected chi connectivity index (χ2v) is 6.06. The third kappa shape index (κ3) is 1.79. The van der Waals surface area contributed by atoms with Crippen LogP contribution in [0.4, 0.5) is 5.69 Å². The molecule has 0 fully saturated rings. The summed E-state index contributed by atoms with van der Waals surface area (Å²) in [7, 11) is 0. The Morgan fingerprint density at radius 1 is 1.21 bits per heavy atom. The molecule has 1 aliphatic heterocycles. The Balaban J connectivity index is 1.73. The maximum Gasteiger partial charge on any atom is 0.121 e. The molecule has 3 nitrogen and oxygen atoms in total. The van der Waals surface area contributed by atoms with Crippen molar-refractivity contribution in [2.24, 2.45) is 0 Å². The first-order valence-electron chi connectivity index (χ1n) is 6.29. The number of anilines is 1. The number of aromatic amines is 1. The number of fused-ring (bicyclic) bond motifs is 2. The van der Waals surface area contributed by atoms with E-state index in [1.807, 2.05) is 30.0 Å². The van der Waals surface area contributed by atoms with Crippen molar-refractivity contribution in [3.63, 3.8) is 0 Å². The molecule has 1 aromatic heterocycles. The maximum atomic E-state index is 5.80. The number of hydrogen-bond donors (Lipinski definition) is 2. The zero-order valence-corrected chi connectivity index (χ0v) is 11.1. The number of nitrogens with zero attached hydrogens (tertiary/aromatic N) is 1. The summed E-state index contributed by atoms with van der Waals surface area (Å²) in [6, 6.07) is 14.4. The number of nitrogens with two attached hydrogens (primary N) is 1. The molecule has 4 rings (SSSR count). The van der Waals surface area contributed by atoms with Crippen molar-refractivity contribution in [2.45, 2.75) is 16.6 Å².